The van der Waals surface area contributed by atoms with Crippen LogP contribution in [-0.4, -0.2) is 10.8 Å². The minimum atomic E-state index is 0.119. The Morgan fingerprint density at radius 2 is 2.18 bits per heavy atom. The minimum absolute atomic E-state index is 0.119. The van der Waals surface area contributed by atoms with Crippen LogP contribution in [0.3, 0.4) is 0 Å². The molecule has 2 heterocycles. The van der Waals surface area contributed by atoms with Crippen LogP contribution in [0.5, 0.6) is 0 Å². The van der Waals surface area contributed by atoms with Gasteiger partial charge in [0.15, 0.2) is 5.78 Å². The molecule has 0 spiro atoms. The number of carbonyl (C=O) groups excluding carboxylic acids is 1. The van der Waals surface area contributed by atoms with Crippen molar-refractivity contribution in [1.82, 2.24) is 4.98 Å². The lowest BCUT2D eigenvalue weighted by Gasteiger charge is -2.37. The van der Waals surface area contributed by atoms with E-state index in [0.717, 1.165) is 23.4 Å². The largest absolute Gasteiger partial charge is 0.376 e. The van der Waals surface area contributed by atoms with Gasteiger partial charge in [0.25, 0.3) is 0 Å². The highest BCUT2D eigenvalue weighted by Gasteiger charge is 2.38. The van der Waals surface area contributed by atoms with Gasteiger partial charge in [-0.1, -0.05) is 18.2 Å². The van der Waals surface area contributed by atoms with Gasteiger partial charge < -0.3 is 5.32 Å². The molecule has 1 aliphatic carbocycles. The molecule has 0 bridgehead atoms. The summed E-state index contributed by atoms with van der Waals surface area (Å²) >= 11 is 0. The number of allylic oxidation sites excluding steroid dienone is 2. The monoisotopic (exact) mass is 290 g/mol. The summed E-state index contributed by atoms with van der Waals surface area (Å²) in [7, 11) is 0. The lowest BCUT2D eigenvalue weighted by molar-refractivity contribution is 0.101. The van der Waals surface area contributed by atoms with E-state index in [9.17, 15) is 4.79 Å². The summed E-state index contributed by atoms with van der Waals surface area (Å²) in [5.74, 6) is 0.945. The van der Waals surface area contributed by atoms with Crippen molar-refractivity contribution in [2.24, 2.45) is 5.92 Å². The summed E-state index contributed by atoms with van der Waals surface area (Å²) in [4.78, 5) is 16.2. The maximum Gasteiger partial charge on any atom is 0.159 e. The summed E-state index contributed by atoms with van der Waals surface area (Å²) in [5.41, 5.74) is 4.23. The second kappa shape index (κ2) is 5.09. The maximum absolute atomic E-state index is 11.7. The van der Waals surface area contributed by atoms with Gasteiger partial charge >= 0.3 is 0 Å². The molecular weight excluding hydrogens is 272 g/mol. The molecule has 0 radical (unpaired) electrons. The van der Waals surface area contributed by atoms with E-state index in [1.807, 2.05) is 36.5 Å². The van der Waals surface area contributed by atoms with Crippen molar-refractivity contribution in [2.45, 2.75) is 25.3 Å². The van der Waals surface area contributed by atoms with Crippen molar-refractivity contribution in [3.05, 3.63) is 71.6 Å². The van der Waals surface area contributed by atoms with Crippen molar-refractivity contribution in [1.29, 1.82) is 0 Å². The highest BCUT2D eigenvalue weighted by Crippen LogP contribution is 2.49. The molecule has 3 nitrogen and oxygen atoms in total. The molecule has 0 unspecified atom stereocenters. The third-order valence-electron chi connectivity index (χ3n) is 4.78. The van der Waals surface area contributed by atoms with E-state index in [0.29, 0.717) is 11.8 Å². The highest BCUT2D eigenvalue weighted by molar-refractivity contribution is 5.95. The molecule has 1 N–H and O–H groups in total. The van der Waals surface area contributed by atoms with Gasteiger partial charge in [-0.3, -0.25) is 9.78 Å². The summed E-state index contributed by atoms with van der Waals surface area (Å²) in [5, 5.41) is 3.64. The average Bonchev–Trinajstić information content (AvgIpc) is 3.04. The van der Waals surface area contributed by atoms with Crippen LogP contribution in [0, 0.1) is 5.92 Å². The fraction of sp³-hybridized carbons (Fsp3) is 0.263. The fourth-order valence-corrected chi connectivity index (χ4v) is 3.67. The average molecular weight is 290 g/mol. The van der Waals surface area contributed by atoms with E-state index in [-0.39, 0.29) is 11.8 Å². The van der Waals surface area contributed by atoms with E-state index in [1.54, 1.807) is 6.92 Å². The third-order valence-corrected chi connectivity index (χ3v) is 4.78. The normalized spacial score (nSPS) is 25.2. The number of rotatable bonds is 2. The van der Waals surface area contributed by atoms with Crippen molar-refractivity contribution < 1.29 is 4.79 Å². The van der Waals surface area contributed by atoms with Gasteiger partial charge in [0.1, 0.15) is 0 Å². The van der Waals surface area contributed by atoms with Crippen molar-refractivity contribution >= 4 is 11.5 Å². The van der Waals surface area contributed by atoms with Crippen molar-refractivity contribution in [2.75, 3.05) is 5.32 Å². The molecule has 3 heteroatoms. The number of nitrogens with zero attached hydrogens (tertiary/aromatic N) is 1. The van der Waals surface area contributed by atoms with E-state index >= 15 is 0 Å². The Balaban J connectivity index is 1.79. The van der Waals surface area contributed by atoms with E-state index in [1.165, 1.54) is 5.56 Å². The topological polar surface area (TPSA) is 42.0 Å². The summed E-state index contributed by atoms with van der Waals surface area (Å²) in [6, 6.07) is 12.3. The zero-order valence-electron chi connectivity index (χ0n) is 12.5. The van der Waals surface area contributed by atoms with Gasteiger partial charge in [0, 0.05) is 23.4 Å². The van der Waals surface area contributed by atoms with Crippen LogP contribution in [0.2, 0.25) is 0 Å². The molecule has 110 valence electrons. The summed E-state index contributed by atoms with van der Waals surface area (Å²) in [6.07, 6.45) is 7.43. The summed E-state index contributed by atoms with van der Waals surface area (Å²) < 4.78 is 0. The molecule has 0 amide bonds. The number of benzene rings is 1. The number of pyridine rings is 1. The number of carbonyl (C=O) groups is 1. The first kappa shape index (κ1) is 13.3. The molecule has 22 heavy (non-hydrogen) atoms. The number of anilines is 1. The Morgan fingerprint density at radius 1 is 1.27 bits per heavy atom. The van der Waals surface area contributed by atoms with Gasteiger partial charge in [0.2, 0.25) is 0 Å². The molecule has 2 aliphatic rings. The fourth-order valence-electron chi connectivity index (χ4n) is 3.67. The van der Waals surface area contributed by atoms with Gasteiger partial charge in [-0.2, -0.15) is 0 Å². The standard InChI is InChI=1S/C19H18N2O/c1-12(22)13-8-9-17-16(11-13)14-5-4-6-15(14)19(21-17)18-7-2-3-10-20-18/h2-5,7-11,14-15,19,21H,6H2,1H3/t14-,15+,19-/m1/s1. The molecule has 4 rings (SSSR count). The molecule has 0 saturated heterocycles. The predicted octanol–water partition coefficient (Wildman–Crippen LogP) is 4.11. The summed E-state index contributed by atoms with van der Waals surface area (Å²) in [6.45, 7) is 1.62. The Labute approximate surface area is 130 Å². The Hall–Kier alpha value is -2.42. The number of ketones is 1. The molecule has 1 aliphatic heterocycles. The quantitative estimate of drug-likeness (QED) is 0.668. The van der Waals surface area contributed by atoms with E-state index < -0.39 is 0 Å². The van der Waals surface area contributed by atoms with Crippen LogP contribution in [-0.2, 0) is 0 Å². The number of nitrogens with one attached hydrogen (secondary N) is 1. The lowest BCUT2D eigenvalue weighted by atomic mass is 9.77. The molecule has 0 saturated carbocycles. The number of aromatic nitrogens is 1. The third kappa shape index (κ3) is 2.05. The van der Waals surface area contributed by atoms with Crippen molar-refractivity contribution in [3.63, 3.8) is 0 Å². The van der Waals surface area contributed by atoms with Crippen LogP contribution in [0.1, 0.15) is 46.9 Å². The van der Waals surface area contributed by atoms with Gasteiger partial charge in [-0.25, -0.2) is 0 Å². The molecule has 1 aromatic heterocycles. The first-order chi connectivity index (χ1) is 10.7. The molecular formula is C19H18N2O. The van der Waals surface area contributed by atoms with E-state index in [2.05, 4.69) is 28.5 Å². The maximum atomic E-state index is 11.7. The van der Waals surface area contributed by atoms with Crippen LogP contribution >= 0.6 is 0 Å². The second-order valence-corrected chi connectivity index (χ2v) is 6.09. The minimum Gasteiger partial charge on any atom is -0.376 e. The molecule has 3 atom stereocenters. The second-order valence-electron chi connectivity index (χ2n) is 6.09. The van der Waals surface area contributed by atoms with Gasteiger partial charge in [-0.15, -0.1) is 0 Å². The van der Waals surface area contributed by atoms with Crippen LogP contribution < -0.4 is 5.32 Å². The molecule has 1 aromatic carbocycles. The Kier molecular flexibility index (Phi) is 3.07. The lowest BCUT2D eigenvalue weighted by Crippen LogP contribution is -2.29. The number of Topliss-reactive ketones (excluding diaryl/α,β-unsaturated/α-hetero) is 1. The zero-order chi connectivity index (χ0) is 15.1. The number of hydrogen-bond donors (Lipinski definition) is 1. The van der Waals surface area contributed by atoms with E-state index in [4.69, 9.17) is 0 Å². The number of fused-ring (bicyclic) bond motifs is 3. The SMILES string of the molecule is CC(=O)c1ccc2c(c1)[C@@H]1C=CC[C@@H]1[C@H](c1ccccn1)N2. The molecule has 0 fully saturated rings. The smallest absolute Gasteiger partial charge is 0.159 e. The zero-order valence-corrected chi connectivity index (χ0v) is 12.5. The Morgan fingerprint density at radius 3 is 2.95 bits per heavy atom. The van der Waals surface area contributed by atoms with Crippen molar-refractivity contribution in [3.8, 4) is 0 Å². The first-order valence-corrected chi connectivity index (χ1v) is 7.73. The van der Waals surface area contributed by atoms with Crippen LogP contribution in [0.25, 0.3) is 0 Å². The predicted molar refractivity (Wildman–Crippen MR) is 87.0 cm³/mol. The number of hydrogen-bond acceptors (Lipinski definition) is 3. The first-order valence-electron chi connectivity index (χ1n) is 7.73. The van der Waals surface area contributed by atoms with Gasteiger partial charge in [0.05, 0.1) is 11.7 Å². The highest BCUT2D eigenvalue weighted by atomic mass is 16.1. The molecule has 2 aromatic rings. The van der Waals surface area contributed by atoms with Crippen LogP contribution in [0.4, 0.5) is 5.69 Å². The van der Waals surface area contributed by atoms with Crippen LogP contribution in [0.15, 0.2) is 54.7 Å². The Bertz CT molecular complexity index is 751. The van der Waals surface area contributed by atoms with Gasteiger partial charge in [-0.05, 0) is 55.2 Å².